The third-order valence-electron chi connectivity index (χ3n) is 3.58. The predicted octanol–water partition coefficient (Wildman–Crippen LogP) is 3.11. The zero-order chi connectivity index (χ0) is 17.7. The minimum Gasteiger partial charge on any atom is -0.493 e. The van der Waals surface area contributed by atoms with Gasteiger partial charge in [0.15, 0.2) is 17.3 Å². The molecule has 2 aromatic carbocycles. The smallest absolute Gasteiger partial charge is 0.267 e. The molecule has 0 spiro atoms. The predicted molar refractivity (Wildman–Crippen MR) is 91.5 cm³/mol. The average Bonchev–Trinajstić information content (AvgIpc) is 2.59. The van der Waals surface area contributed by atoms with Gasteiger partial charge < -0.3 is 14.4 Å². The highest BCUT2D eigenvalue weighted by atomic mass is 16.5. The lowest BCUT2D eigenvalue weighted by Gasteiger charge is -2.23. The van der Waals surface area contributed by atoms with E-state index in [1.807, 2.05) is 30.3 Å². The number of methoxy groups -OCH3 is 1. The summed E-state index contributed by atoms with van der Waals surface area (Å²) >= 11 is 0. The van der Waals surface area contributed by atoms with Crippen molar-refractivity contribution in [1.29, 1.82) is 0 Å². The van der Waals surface area contributed by atoms with Crippen LogP contribution >= 0.6 is 0 Å². The van der Waals surface area contributed by atoms with Crippen molar-refractivity contribution in [1.82, 2.24) is 4.90 Å². The number of hydrogen-bond donors (Lipinski definition) is 0. The van der Waals surface area contributed by atoms with Crippen LogP contribution in [0.25, 0.3) is 0 Å². The molecule has 0 unspecified atom stereocenters. The molecule has 0 bridgehead atoms. The molecule has 2 aromatic rings. The number of Topliss-reactive ketones (excluding diaryl/α,β-unsaturated/α-hetero) is 1. The summed E-state index contributed by atoms with van der Waals surface area (Å²) < 4.78 is 11.3. The maximum atomic E-state index is 12.5. The van der Waals surface area contributed by atoms with Crippen molar-refractivity contribution in [3.05, 3.63) is 59.7 Å². The number of likely N-dealkylation sites (N-methyl/N-ethyl adjacent to an activating group) is 1. The summed E-state index contributed by atoms with van der Waals surface area (Å²) in [4.78, 5) is 25.5. The molecule has 0 N–H and O–H groups in total. The van der Waals surface area contributed by atoms with Crippen molar-refractivity contribution in [2.45, 2.75) is 13.0 Å². The topological polar surface area (TPSA) is 55.8 Å². The Morgan fingerprint density at radius 2 is 1.67 bits per heavy atom. The van der Waals surface area contributed by atoms with Gasteiger partial charge in [0.2, 0.25) is 6.10 Å². The summed E-state index contributed by atoms with van der Waals surface area (Å²) in [6.45, 7) is 1.48. The number of ketones is 1. The second kappa shape index (κ2) is 7.64. The van der Waals surface area contributed by atoms with Crippen LogP contribution in [0.3, 0.4) is 0 Å². The molecule has 0 radical (unpaired) electrons. The molecule has 0 fully saturated rings. The fraction of sp³-hybridized carbons (Fsp3) is 0.263. The lowest BCUT2D eigenvalue weighted by Crippen LogP contribution is -2.31. The van der Waals surface area contributed by atoms with E-state index in [1.165, 1.54) is 18.9 Å². The third kappa shape index (κ3) is 3.93. The second-order valence-electron chi connectivity index (χ2n) is 5.56. The van der Waals surface area contributed by atoms with Gasteiger partial charge in [0, 0.05) is 25.2 Å². The molecule has 1 amide bonds. The Kier molecular flexibility index (Phi) is 5.58. The summed E-state index contributed by atoms with van der Waals surface area (Å²) in [6.07, 6.45) is -0.793. The zero-order valence-corrected chi connectivity index (χ0v) is 14.3. The van der Waals surface area contributed by atoms with E-state index in [-0.39, 0.29) is 11.7 Å². The highest BCUT2D eigenvalue weighted by Gasteiger charge is 2.25. The molecule has 0 saturated heterocycles. The number of carbonyl (C=O) groups excluding carboxylic acids is 2. The zero-order valence-electron chi connectivity index (χ0n) is 14.3. The number of rotatable bonds is 6. The average molecular weight is 327 g/mol. The van der Waals surface area contributed by atoms with Gasteiger partial charge in [0.25, 0.3) is 5.91 Å². The van der Waals surface area contributed by atoms with Crippen LogP contribution in [0.4, 0.5) is 0 Å². The van der Waals surface area contributed by atoms with Crippen LogP contribution in [0.15, 0.2) is 48.5 Å². The summed E-state index contributed by atoms with van der Waals surface area (Å²) in [5, 5.41) is 0. The molecule has 5 heteroatoms. The summed E-state index contributed by atoms with van der Waals surface area (Å²) in [5.74, 6) is 0.574. The fourth-order valence-electron chi connectivity index (χ4n) is 2.23. The van der Waals surface area contributed by atoms with Crippen molar-refractivity contribution >= 4 is 11.7 Å². The molecule has 0 heterocycles. The van der Waals surface area contributed by atoms with E-state index in [9.17, 15) is 9.59 Å². The second-order valence-corrected chi connectivity index (χ2v) is 5.56. The molecule has 0 saturated carbocycles. The summed E-state index contributed by atoms with van der Waals surface area (Å²) in [6, 6.07) is 14.2. The first-order valence-electron chi connectivity index (χ1n) is 7.55. The molecule has 0 aliphatic heterocycles. The molecular formula is C19H21NO4. The molecule has 24 heavy (non-hydrogen) atoms. The van der Waals surface area contributed by atoms with Crippen LogP contribution in [-0.4, -0.2) is 37.8 Å². The number of carbonyl (C=O) groups is 2. The highest BCUT2D eigenvalue weighted by molar-refractivity contribution is 5.94. The molecule has 0 aromatic heterocycles. The Hall–Kier alpha value is -2.82. The van der Waals surface area contributed by atoms with Gasteiger partial charge in [-0.25, -0.2) is 0 Å². The molecule has 126 valence electrons. The summed E-state index contributed by atoms with van der Waals surface area (Å²) in [5.41, 5.74) is 1.27. The Morgan fingerprint density at radius 3 is 2.21 bits per heavy atom. The number of hydrogen-bond acceptors (Lipinski definition) is 4. The van der Waals surface area contributed by atoms with Gasteiger partial charge in [-0.05, 0) is 25.1 Å². The summed E-state index contributed by atoms with van der Waals surface area (Å²) in [7, 11) is 4.85. The highest BCUT2D eigenvalue weighted by Crippen LogP contribution is 2.33. The van der Waals surface area contributed by atoms with E-state index in [2.05, 4.69) is 0 Å². The van der Waals surface area contributed by atoms with Crippen LogP contribution in [0.1, 0.15) is 28.9 Å². The van der Waals surface area contributed by atoms with Gasteiger partial charge in [0.05, 0.1) is 7.11 Å². The van der Waals surface area contributed by atoms with Crippen LogP contribution in [0.5, 0.6) is 11.5 Å². The van der Waals surface area contributed by atoms with E-state index in [4.69, 9.17) is 9.47 Å². The lowest BCUT2D eigenvalue weighted by molar-refractivity contribution is -0.136. The van der Waals surface area contributed by atoms with E-state index in [0.717, 1.165) is 5.56 Å². The van der Waals surface area contributed by atoms with E-state index in [1.54, 1.807) is 32.3 Å². The lowest BCUT2D eigenvalue weighted by atomic mass is 10.1. The van der Waals surface area contributed by atoms with Crippen molar-refractivity contribution in [2.24, 2.45) is 0 Å². The van der Waals surface area contributed by atoms with Gasteiger partial charge in [0.1, 0.15) is 0 Å². The first-order valence-corrected chi connectivity index (χ1v) is 7.55. The molecule has 5 nitrogen and oxygen atoms in total. The molecule has 0 aliphatic carbocycles. The van der Waals surface area contributed by atoms with Crippen molar-refractivity contribution < 1.29 is 19.1 Å². The Balaban J connectivity index is 2.40. The standard InChI is InChI=1S/C19H21NO4/c1-13(21)15-10-11-16(17(12-15)23-4)24-18(19(22)20(2)3)14-8-6-5-7-9-14/h5-12,18H,1-4H3/t18-/m0/s1. The molecular weight excluding hydrogens is 306 g/mol. The maximum absolute atomic E-state index is 12.5. The van der Waals surface area contributed by atoms with Gasteiger partial charge >= 0.3 is 0 Å². The van der Waals surface area contributed by atoms with Crippen LogP contribution < -0.4 is 9.47 Å². The minimum atomic E-state index is -0.793. The first-order chi connectivity index (χ1) is 11.4. The fourth-order valence-corrected chi connectivity index (χ4v) is 2.23. The Morgan fingerprint density at radius 1 is 1.00 bits per heavy atom. The van der Waals surface area contributed by atoms with Gasteiger partial charge in [-0.15, -0.1) is 0 Å². The first kappa shape index (κ1) is 17.5. The Bertz CT molecular complexity index is 725. The number of amides is 1. The number of nitrogens with zero attached hydrogens (tertiary/aromatic N) is 1. The molecule has 2 rings (SSSR count). The van der Waals surface area contributed by atoms with Crippen molar-refractivity contribution in [3.63, 3.8) is 0 Å². The molecule has 1 atom stereocenters. The quantitative estimate of drug-likeness (QED) is 0.765. The van der Waals surface area contributed by atoms with E-state index in [0.29, 0.717) is 17.1 Å². The largest absolute Gasteiger partial charge is 0.493 e. The number of ether oxygens (including phenoxy) is 2. The van der Waals surface area contributed by atoms with Crippen LogP contribution in [0.2, 0.25) is 0 Å². The Labute approximate surface area is 141 Å². The van der Waals surface area contributed by atoms with Crippen molar-refractivity contribution in [3.8, 4) is 11.5 Å². The SMILES string of the molecule is COc1cc(C(C)=O)ccc1O[C@H](C(=O)N(C)C)c1ccccc1. The van der Waals surface area contributed by atoms with Crippen LogP contribution in [0, 0.1) is 0 Å². The van der Waals surface area contributed by atoms with Gasteiger partial charge in [-0.3, -0.25) is 9.59 Å². The van der Waals surface area contributed by atoms with Crippen LogP contribution in [-0.2, 0) is 4.79 Å². The molecule has 0 aliphatic rings. The van der Waals surface area contributed by atoms with Gasteiger partial charge in [-0.1, -0.05) is 30.3 Å². The third-order valence-corrected chi connectivity index (χ3v) is 3.58. The monoisotopic (exact) mass is 327 g/mol. The van der Waals surface area contributed by atoms with E-state index < -0.39 is 6.10 Å². The minimum absolute atomic E-state index is 0.0659. The number of benzene rings is 2. The van der Waals surface area contributed by atoms with E-state index >= 15 is 0 Å². The normalized spacial score (nSPS) is 11.5. The maximum Gasteiger partial charge on any atom is 0.267 e. The van der Waals surface area contributed by atoms with Crippen molar-refractivity contribution in [2.75, 3.05) is 21.2 Å². The van der Waals surface area contributed by atoms with Gasteiger partial charge in [-0.2, -0.15) is 0 Å².